The van der Waals surface area contributed by atoms with Gasteiger partial charge < -0.3 is 0 Å². The van der Waals surface area contributed by atoms with E-state index in [1.54, 1.807) is 24.5 Å². The first-order valence-corrected chi connectivity index (χ1v) is 12.1. The molecule has 174 valence electrons. The molecule has 1 aliphatic carbocycles. The first kappa shape index (κ1) is 21.6. The molecule has 0 saturated carbocycles. The van der Waals surface area contributed by atoms with Crippen molar-refractivity contribution < 1.29 is 0 Å². The van der Waals surface area contributed by atoms with Crippen LogP contribution in [-0.4, -0.2) is 15.7 Å². The van der Waals surface area contributed by atoms with Gasteiger partial charge in [0.1, 0.15) is 0 Å². The molecule has 6 aromatic rings. The SMILES string of the molecule is N#Cc1cc2c(cc1-c1nccc3ccccc13)-c1cc(-c3nccc4ccccc34)c(C#N)cc1C2=N. The number of rotatable bonds is 2. The van der Waals surface area contributed by atoms with Crippen LogP contribution in [0.1, 0.15) is 22.3 Å². The Balaban J connectivity index is 1.51. The van der Waals surface area contributed by atoms with E-state index in [2.05, 4.69) is 22.1 Å². The Bertz CT molecular complexity index is 1920. The van der Waals surface area contributed by atoms with Gasteiger partial charge in [0.25, 0.3) is 0 Å². The van der Waals surface area contributed by atoms with Crippen LogP contribution in [0.4, 0.5) is 0 Å². The molecule has 1 N–H and O–H groups in total. The predicted octanol–water partition coefficient (Wildman–Crippen LogP) is 7.26. The number of hydrogen-bond acceptors (Lipinski definition) is 5. The zero-order chi connectivity index (χ0) is 25.8. The maximum Gasteiger partial charge on any atom is 0.0999 e. The molecule has 0 radical (unpaired) electrons. The molecular formula is C33H17N5. The average molecular weight is 484 g/mol. The first-order valence-electron chi connectivity index (χ1n) is 12.1. The Hall–Kier alpha value is -5.65. The highest BCUT2D eigenvalue weighted by atomic mass is 14.7. The molecular weight excluding hydrogens is 466 g/mol. The van der Waals surface area contributed by atoms with Crippen molar-refractivity contribution >= 4 is 27.3 Å². The molecule has 2 heterocycles. The lowest BCUT2D eigenvalue weighted by molar-refractivity contribution is 1.34. The fraction of sp³-hybridized carbons (Fsp3) is 0. The van der Waals surface area contributed by atoms with Gasteiger partial charge in [0, 0.05) is 45.4 Å². The molecule has 0 atom stereocenters. The summed E-state index contributed by atoms with van der Waals surface area (Å²) in [6.07, 6.45) is 3.51. The lowest BCUT2D eigenvalue weighted by atomic mass is 9.92. The third kappa shape index (κ3) is 3.07. The van der Waals surface area contributed by atoms with E-state index in [1.807, 2.05) is 72.8 Å². The van der Waals surface area contributed by atoms with Gasteiger partial charge in [0.05, 0.1) is 40.4 Å². The van der Waals surface area contributed by atoms with E-state index >= 15 is 0 Å². The summed E-state index contributed by atoms with van der Waals surface area (Å²) >= 11 is 0. The van der Waals surface area contributed by atoms with E-state index in [1.165, 1.54) is 0 Å². The van der Waals surface area contributed by atoms with E-state index < -0.39 is 0 Å². The molecule has 0 spiro atoms. The summed E-state index contributed by atoms with van der Waals surface area (Å²) in [4.78, 5) is 9.31. The van der Waals surface area contributed by atoms with E-state index in [0.717, 1.165) is 55.2 Å². The Morgan fingerprint density at radius 1 is 0.526 bits per heavy atom. The molecule has 5 heteroatoms. The van der Waals surface area contributed by atoms with E-state index in [4.69, 9.17) is 5.41 Å². The minimum absolute atomic E-state index is 0.304. The van der Waals surface area contributed by atoms with Crippen molar-refractivity contribution in [2.75, 3.05) is 0 Å². The van der Waals surface area contributed by atoms with E-state index in [0.29, 0.717) is 28.0 Å². The number of nitrogens with zero attached hydrogens (tertiary/aromatic N) is 4. The highest BCUT2D eigenvalue weighted by molar-refractivity contribution is 6.24. The van der Waals surface area contributed by atoms with Gasteiger partial charge in [0.15, 0.2) is 0 Å². The maximum atomic E-state index is 10.1. The predicted molar refractivity (Wildman–Crippen MR) is 149 cm³/mol. The van der Waals surface area contributed by atoms with Gasteiger partial charge in [-0.3, -0.25) is 15.4 Å². The lowest BCUT2D eigenvalue weighted by Crippen LogP contribution is -1.99. The lowest BCUT2D eigenvalue weighted by Gasteiger charge is -2.12. The van der Waals surface area contributed by atoms with Crippen molar-refractivity contribution in [3.05, 3.63) is 120 Å². The Morgan fingerprint density at radius 3 is 1.42 bits per heavy atom. The van der Waals surface area contributed by atoms with Gasteiger partial charge in [-0.25, -0.2) is 0 Å². The Kier molecular flexibility index (Phi) is 4.66. The normalized spacial score (nSPS) is 11.7. The van der Waals surface area contributed by atoms with Gasteiger partial charge in [-0.2, -0.15) is 10.5 Å². The second kappa shape index (κ2) is 8.20. The van der Waals surface area contributed by atoms with Crippen LogP contribution in [-0.2, 0) is 0 Å². The second-order valence-corrected chi connectivity index (χ2v) is 9.25. The highest BCUT2D eigenvalue weighted by Gasteiger charge is 2.29. The van der Waals surface area contributed by atoms with Crippen molar-refractivity contribution in [2.24, 2.45) is 0 Å². The largest absolute Gasteiger partial charge is 0.300 e. The maximum absolute atomic E-state index is 10.1. The minimum atomic E-state index is 0.304. The number of hydrogen-bond donors (Lipinski definition) is 1. The Labute approximate surface area is 218 Å². The van der Waals surface area contributed by atoms with Crippen molar-refractivity contribution in [2.45, 2.75) is 0 Å². The molecule has 5 nitrogen and oxygen atoms in total. The average Bonchev–Trinajstić information content (AvgIpc) is 3.24. The smallest absolute Gasteiger partial charge is 0.0999 e. The summed E-state index contributed by atoms with van der Waals surface area (Å²) in [7, 11) is 0. The van der Waals surface area contributed by atoms with E-state index in [9.17, 15) is 10.5 Å². The van der Waals surface area contributed by atoms with Crippen LogP contribution in [0.25, 0.3) is 55.2 Å². The van der Waals surface area contributed by atoms with E-state index in [-0.39, 0.29) is 0 Å². The molecule has 0 aliphatic heterocycles. The van der Waals surface area contributed by atoms with Crippen molar-refractivity contribution in [3.63, 3.8) is 0 Å². The fourth-order valence-corrected chi connectivity index (χ4v) is 5.45. The van der Waals surface area contributed by atoms with Crippen molar-refractivity contribution in [1.82, 2.24) is 9.97 Å². The summed E-state index contributed by atoms with van der Waals surface area (Å²) < 4.78 is 0. The zero-order valence-electron chi connectivity index (χ0n) is 20.0. The van der Waals surface area contributed by atoms with Gasteiger partial charge in [-0.05, 0) is 58.3 Å². The van der Waals surface area contributed by atoms with Crippen LogP contribution < -0.4 is 0 Å². The number of fused-ring (bicyclic) bond motifs is 5. The molecule has 0 fully saturated rings. The summed E-state index contributed by atoms with van der Waals surface area (Å²) in [5.74, 6) is 0. The zero-order valence-corrected chi connectivity index (χ0v) is 20.0. The topological polar surface area (TPSA) is 97.2 Å². The third-order valence-electron chi connectivity index (χ3n) is 7.24. The third-order valence-corrected chi connectivity index (χ3v) is 7.24. The molecule has 0 amide bonds. The number of nitriles is 2. The van der Waals surface area contributed by atoms with Crippen molar-refractivity contribution in [1.29, 1.82) is 15.9 Å². The van der Waals surface area contributed by atoms with Gasteiger partial charge in [0.2, 0.25) is 0 Å². The molecule has 7 rings (SSSR count). The van der Waals surface area contributed by atoms with Crippen LogP contribution in [0.15, 0.2) is 97.3 Å². The van der Waals surface area contributed by atoms with Gasteiger partial charge in [-0.15, -0.1) is 0 Å². The van der Waals surface area contributed by atoms with Gasteiger partial charge in [-0.1, -0.05) is 48.5 Å². The molecule has 4 aromatic carbocycles. The summed E-state index contributed by atoms with van der Waals surface area (Å²) in [6, 6.07) is 32.0. The molecule has 38 heavy (non-hydrogen) atoms. The molecule has 0 bridgehead atoms. The fourth-order valence-electron chi connectivity index (χ4n) is 5.45. The number of pyridine rings is 2. The highest BCUT2D eigenvalue weighted by Crippen LogP contribution is 2.44. The Morgan fingerprint density at radius 2 is 0.974 bits per heavy atom. The van der Waals surface area contributed by atoms with Crippen LogP contribution in [0.2, 0.25) is 0 Å². The standard InChI is InChI=1S/C33H17N5/c34-17-21-13-29-27(15-25(21)32-23-7-3-1-5-19(23)9-11-37-32)28-16-26(22(18-35)14-30(28)31(29)36)33-24-8-4-2-6-20(24)10-12-38-33/h1-16,36H. The molecule has 0 saturated heterocycles. The summed E-state index contributed by atoms with van der Waals surface area (Å²) in [6.45, 7) is 0. The summed E-state index contributed by atoms with van der Waals surface area (Å²) in [5.41, 5.74) is 7.16. The molecule has 0 unspecified atom stereocenters. The van der Waals surface area contributed by atoms with Crippen LogP contribution in [0.3, 0.4) is 0 Å². The second-order valence-electron chi connectivity index (χ2n) is 9.25. The molecule has 1 aliphatic rings. The number of nitrogens with one attached hydrogen (secondary N) is 1. The van der Waals surface area contributed by atoms with Gasteiger partial charge >= 0.3 is 0 Å². The van der Waals surface area contributed by atoms with Crippen LogP contribution in [0, 0.1) is 28.1 Å². The van der Waals surface area contributed by atoms with Crippen molar-refractivity contribution in [3.8, 4) is 45.8 Å². The molecule has 2 aromatic heterocycles. The van der Waals surface area contributed by atoms with Crippen LogP contribution >= 0.6 is 0 Å². The summed E-state index contributed by atoms with van der Waals surface area (Å²) in [5, 5.41) is 33.0. The minimum Gasteiger partial charge on any atom is -0.300 e. The first-order chi connectivity index (χ1) is 18.7. The monoisotopic (exact) mass is 483 g/mol. The number of aromatic nitrogens is 2. The quantitative estimate of drug-likeness (QED) is 0.280. The van der Waals surface area contributed by atoms with Crippen LogP contribution in [0.5, 0.6) is 0 Å². The number of benzene rings is 4.